The summed E-state index contributed by atoms with van der Waals surface area (Å²) >= 11 is 1.41. The summed E-state index contributed by atoms with van der Waals surface area (Å²) < 4.78 is 29.1. The van der Waals surface area contributed by atoms with E-state index < -0.39 is 0 Å². The number of fused-ring (bicyclic) bond motifs is 2. The third-order valence-electron chi connectivity index (χ3n) is 5.87. The van der Waals surface area contributed by atoms with Crippen molar-refractivity contribution in [1.29, 1.82) is 0 Å². The quantitative estimate of drug-likeness (QED) is 0.580. The Morgan fingerprint density at radius 1 is 1.29 bits per heavy atom. The van der Waals surface area contributed by atoms with Gasteiger partial charge in [-0.3, -0.25) is 4.79 Å². The molecule has 10 heteroatoms. The fourth-order valence-electron chi connectivity index (χ4n) is 4.17. The number of nitrogens with one attached hydrogen (secondary N) is 1. The van der Waals surface area contributed by atoms with Crippen LogP contribution in [-0.4, -0.2) is 73.3 Å². The fourth-order valence-corrected chi connectivity index (χ4v) is 5.01. The lowest BCUT2D eigenvalue weighted by Crippen LogP contribution is -2.36. The van der Waals surface area contributed by atoms with Gasteiger partial charge in [0.1, 0.15) is 11.6 Å². The Morgan fingerprint density at radius 3 is 3.06 bits per heavy atom. The number of rotatable bonds is 9. The van der Waals surface area contributed by atoms with Crippen molar-refractivity contribution < 1.29 is 28.5 Å². The fraction of sp³-hybridized carbons (Fsp3) is 0.667. The molecule has 2 aliphatic heterocycles. The number of nitrogens with zero attached hydrogens (tertiary/aromatic N) is 2. The molecule has 4 heterocycles. The van der Waals surface area contributed by atoms with Gasteiger partial charge in [0.2, 0.25) is 11.8 Å². The van der Waals surface area contributed by atoms with E-state index in [0.717, 1.165) is 36.2 Å². The monoisotopic (exact) mass is 449 g/mol. The molecule has 2 saturated heterocycles. The van der Waals surface area contributed by atoms with Crippen molar-refractivity contribution in [3.8, 4) is 11.1 Å². The van der Waals surface area contributed by atoms with Crippen molar-refractivity contribution in [3.63, 3.8) is 0 Å². The predicted molar refractivity (Wildman–Crippen MR) is 113 cm³/mol. The second kappa shape index (κ2) is 9.23. The van der Waals surface area contributed by atoms with E-state index in [1.165, 1.54) is 18.3 Å². The minimum Gasteiger partial charge on any atom is -0.477 e. The highest BCUT2D eigenvalue weighted by molar-refractivity contribution is 7.19. The lowest BCUT2D eigenvalue weighted by Gasteiger charge is -2.34. The number of pyridine rings is 1. The van der Waals surface area contributed by atoms with Gasteiger partial charge in [0.15, 0.2) is 10.9 Å². The summed E-state index contributed by atoms with van der Waals surface area (Å²) in [5.41, 5.74) is 0.798. The summed E-state index contributed by atoms with van der Waals surface area (Å²) in [5.74, 6) is 1.03. The van der Waals surface area contributed by atoms with Crippen LogP contribution >= 0.6 is 11.3 Å². The van der Waals surface area contributed by atoms with Crippen LogP contribution in [0, 0.1) is 5.92 Å². The van der Waals surface area contributed by atoms with Gasteiger partial charge in [0.05, 0.1) is 32.0 Å². The zero-order chi connectivity index (χ0) is 21.2. The maximum atomic E-state index is 10.8. The van der Waals surface area contributed by atoms with Gasteiger partial charge in [-0.2, -0.15) is 0 Å². The Bertz CT molecular complexity index is 918. The lowest BCUT2D eigenvalue weighted by atomic mass is 9.83. The van der Waals surface area contributed by atoms with E-state index in [-0.39, 0.29) is 30.3 Å². The van der Waals surface area contributed by atoms with Crippen molar-refractivity contribution in [1.82, 2.24) is 15.3 Å². The van der Waals surface area contributed by atoms with E-state index >= 15 is 0 Å². The first-order valence-electron chi connectivity index (χ1n) is 10.8. The molecule has 0 spiro atoms. The van der Waals surface area contributed by atoms with Crippen molar-refractivity contribution in [2.24, 2.45) is 5.92 Å². The number of aromatic nitrogens is 2. The van der Waals surface area contributed by atoms with Crippen LogP contribution in [0.15, 0.2) is 12.1 Å². The smallest absolute Gasteiger partial charge is 0.276 e. The molecule has 0 bridgehead atoms. The largest absolute Gasteiger partial charge is 0.477 e. The molecular weight excluding hydrogens is 422 g/mol. The molecule has 2 aromatic heterocycles. The molecule has 0 radical (unpaired) electrons. The molecule has 1 amide bonds. The average Bonchev–Trinajstić information content (AvgIpc) is 3.42. The van der Waals surface area contributed by atoms with Crippen LogP contribution < -0.4 is 14.8 Å². The van der Waals surface area contributed by atoms with E-state index in [1.807, 2.05) is 12.1 Å². The van der Waals surface area contributed by atoms with Gasteiger partial charge >= 0.3 is 0 Å². The zero-order valence-electron chi connectivity index (χ0n) is 17.5. The first kappa shape index (κ1) is 20.9. The van der Waals surface area contributed by atoms with Crippen LogP contribution in [0.4, 0.5) is 0 Å². The first-order chi connectivity index (χ1) is 15.1. The van der Waals surface area contributed by atoms with Crippen molar-refractivity contribution in [2.45, 2.75) is 50.6 Å². The SMILES string of the molecule is CC(=O)NCCOC1CC(COc2ccc3nc(OC4CO[C@@H]5CCO[C@H]45)sc3n2)C1. The van der Waals surface area contributed by atoms with Crippen LogP contribution in [0.2, 0.25) is 0 Å². The van der Waals surface area contributed by atoms with Gasteiger partial charge in [0.25, 0.3) is 5.19 Å². The molecule has 2 aromatic rings. The molecule has 0 aromatic carbocycles. The van der Waals surface area contributed by atoms with Gasteiger partial charge in [0, 0.05) is 26.1 Å². The summed E-state index contributed by atoms with van der Waals surface area (Å²) in [5, 5.41) is 3.32. The Labute approximate surface area is 184 Å². The van der Waals surface area contributed by atoms with Crippen LogP contribution in [0.25, 0.3) is 10.3 Å². The van der Waals surface area contributed by atoms with E-state index in [0.29, 0.717) is 43.4 Å². The van der Waals surface area contributed by atoms with E-state index in [9.17, 15) is 4.79 Å². The molecule has 1 N–H and O–H groups in total. The maximum Gasteiger partial charge on any atom is 0.276 e. The number of thiazole rings is 1. The van der Waals surface area contributed by atoms with Crippen LogP contribution in [0.5, 0.6) is 11.1 Å². The number of carbonyl (C=O) groups is 1. The van der Waals surface area contributed by atoms with Crippen LogP contribution in [0.1, 0.15) is 26.2 Å². The molecule has 168 valence electrons. The summed E-state index contributed by atoms with van der Waals surface area (Å²) in [6, 6.07) is 3.76. The predicted octanol–water partition coefficient (Wildman–Crippen LogP) is 1.94. The second-order valence-corrected chi connectivity index (χ2v) is 9.17. The molecule has 3 aliphatic rings. The molecule has 31 heavy (non-hydrogen) atoms. The molecule has 9 nitrogen and oxygen atoms in total. The first-order valence-corrected chi connectivity index (χ1v) is 11.6. The van der Waals surface area contributed by atoms with E-state index in [2.05, 4.69) is 15.3 Å². The Kier molecular flexibility index (Phi) is 6.22. The third-order valence-corrected chi connectivity index (χ3v) is 6.73. The third kappa shape index (κ3) is 4.92. The number of ether oxygens (including phenoxy) is 5. The Hall–Kier alpha value is -2.01. The topological polar surface area (TPSA) is 101 Å². The summed E-state index contributed by atoms with van der Waals surface area (Å²) in [4.78, 5) is 20.7. The standard InChI is InChI=1S/C21H27N3O6S/c1-12(25)22-5-7-26-14-8-13(9-14)10-29-18-3-2-15-20(24-18)31-21(23-15)30-17-11-28-16-4-6-27-19(16)17/h2-3,13-14,16-17,19H,4-11H2,1H3,(H,22,25)/t13?,14?,16-,17?,19+/m1/s1. The van der Waals surface area contributed by atoms with Crippen LogP contribution in [-0.2, 0) is 19.0 Å². The van der Waals surface area contributed by atoms with E-state index in [1.54, 1.807) is 0 Å². The average molecular weight is 450 g/mol. The molecule has 1 saturated carbocycles. The second-order valence-electron chi connectivity index (χ2n) is 8.23. The zero-order valence-corrected chi connectivity index (χ0v) is 18.3. The molecule has 1 unspecified atom stereocenters. The highest BCUT2D eigenvalue weighted by Gasteiger charge is 2.43. The van der Waals surface area contributed by atoms with Gasteiger partial charge in [-0.15, -0.1) is 0 Å². The van der Waals surface area contributed by atoms with Crippen molar-refractivity contribution >= 4 is 27.6 Å². The lowest BCUT2D eigenvalue weighted by molar-refractivity contribution is -0.119. The molecule has 3 atom stereocenters. The molecule has 1 aliphatic carbocycles. The Balaban J connectivity index is 1.07. The number of hydrogen-bond donors (Lipinski definition) is 1. The van der Waals surface area contributed by atoms with E-state index in [4.69, 9.17) is 23.7 Å². The van der Waals surface area contributed by atoms with Crippen molar-refractivity contribution in [3.05, 3.63) is 12.1 Å². The minimum atomic E-state index is -0.115. The summed E-state index contributed by atoms with van der Waals surface area (Å²) in [6.07, 6.45) is 3.14. The van der Waals surface area contributed by atoms with Gasteiger partial charge in [-0.05, 0) is 31.2 Å². The molecular formula is C21H27N3O6S. The maximum absolute atomic E-state index is 10.8. The van der Waals surface area contributed by atoms with Gasteiger partial charge in [-0.25, -0.2) is 9.97 Å². The number of hydrogen-bond acceptors (Lipinski definition) is 9. The minimum absolute atomic E-state index is 0.000419. The number of carbonyl (C=O) groups excluding carboxylic acids is 1. The van der Waals surface area contributed by atoms with Gasteiger partial charge < -0.3 is 29.0 Å². The highest BCUT2D eigenvalue weighted by Crippen LogP contribution is 2.34. The summed E-state index contributed by atoms with van der Waals surface area (Å²) in [7, 11) is 0. The molecule has 3 fully saturated rings. The van der Waals surface area contributed by atoms with Crippen molar-refractivity contribution in [2.75, 3.05) is 33.0 Å². The Morgan fingerprint density at radius 2 is 2.19 bits per heavy atom. The molecule has 5 rings (SSSR count). The van der Waals surface area contributed by atoms with Gasteiger partial charge in [-0.1, -0.05) is 11.3 Å². The highest BCUT2D eigenvalue weighted by atomic mass is 32.1. The summed E-state index contributed by atoms with van der Waals surface area (Å²) in [6.45, 7) is 4.48. The normalized spacial score (nSPS) is 29.5. The van der Waals surface area contributed by atoms with Crippen LogP contribution in [0.3, 0.4) is 0 Å². The number of amides is 1.